The summed E-state index contributed by atoms with van der Waals surface area (Å²) in [5.74, 6) is 0.403. The quantitative estimate of drug-likeness (QED) is 0.300. The van der Waals surface area contributed by atoms with Crippen molar-refractivity contribution in [3.8, 4) is 0 Å². The molecule has 8 heteroatoms. The Bertz CT molecular complexity index is 1230. The topological polar surface area (TPSA) is 123 Å². The van der Waals surface area contributed by atoms with Crippen molar-refractivity contribution in [2.24, 2.45) is 50.2 Å². The maximum absolute atomic E-state index is 14.6. The van der Waals surface area contributed by atoms with Crippen molar-refractivity contribution < 1.29 is 39.1 Å². The highest BCUT2D eigenvalue weighted by atomic mass is 16.7. The summed E-state index contributed by atoms with van der Waals surface area (Å²) < 4.78 is 17.3. The van der Waals surface area contributed by atoms with Gasteiger partial charge < -0.3 is 29.5 Å². The van der Waals surface area contributed by atoms with Gasteiger partial charge in [-0.15, -0.1) is 0 Å². The van der Waals surface area contributed by atoms with Crippen LogP contribution in [0.4, 0.5) is 0 Å². The molecule has 0 unspecified atom stereocenters. The van der Waals surface area contributed by atoms with E-state index in [0.29, 0.717) is 0 Å². The van der Waals surface area contributed by atoms with E-state index < -0.39 is 30.0 Å². The first-order valence-corrected chi connectivity index (χ1v) is 17.0. The average Bonchev–Trinajstić information content (AvgIpc) is 2.96. The lowest BCUT2D eigenvalue weighted by Crippen LogP contribution is -2.67. The molecule has 5 fully saturated rings. The maximum Gasteiger partial charge on any atom is 0.311 e. The summed E-state index contributed by atoms with van der Waals surface area (Å²) in [7, 11) is 1.49. The van der Waals surface area contributed by atoms with E-state index in [1.807, 2.05) is 6.08 Å². The summed E-state index contributed by atoms with van der Waals surface area (Å²) in [5.41, 5.74) is -0.0363. The second-order valence-electron chi connectivity index (χ2n) is 17.5. The van der Waals surface area contributed by atoms with Gasteiger partial charge in [-0.05, 0) is 110 Å². The first-order chi connectivity index (χ1) is 20.4. The fraction of sp³-hybridized carbons (Fsp3) is 0.889. The SMILES string of the molecule is COC(=O)[C@@]1(C)CC[C@]2(C)CC[C@]3(C)C(=CC(=O)[C@@H]4[C@@]5(C)CC[C@H](O[C@@H]6OC[C@H](O)[C@H](O)[C@H]6O)C(C)(C)[C@@H]5CC[C@]43C)[C@@H]2C1. The lowest BCUT2D eigenvalue weighted by Gasteiger charge is -2.70. The van der Waals surface area contributed by atoms with Gasteiger partial charge in [0.25, 0.3) is 0 Å². The number of rotatable bonds is 3. The van der Waals surface area contributed by atoms with Gasteiger partial charge in [0, 0.05) is 5.92 Å². The second-order valence-corrected chi connectivity index (χ2v) is 17.5. The summed E-state index contributed by atoms with van der Waals surface area (Å²) in [6.45, 7) is 15.9. The van der Waals surface area contributed by atoms with Crippen LogP contribution in [-0.4, -0.2) is 71.5 Å². The molecule has 0 aromatic carbocycles. The molecule has 6 rings (SSSR count). The number of ether oxygens (including phenoxy) is 3. The minimum absolute atomic E-state index is 0.0796. The highest BCUT2D eigenvalue weighted by Gasteiger charge is 2.70. The van der Waals surface area contributed by atoms with Crippen molar-refractivity contribution in [2.45, 2.75) is 137 Å². The number of aliphatic hydroxyl groups excluding tert-OH is 3. The Hall–Kier alpha value is -1.32. The van der Waals surface area contributed by atoms with Gasteiger partial charge in [0.2, 0.25) is 0 Å². The van der Waals surface area contributed by atoms with Gasteiger partial charge >= 0.3 is 5.97 Å². The summed E-state index contributed by atoms with van der Waals surface area (Å²) in [5, 5.41) is 30.8. The van der Waals surface area contributed by atoms with E-state index >= 15 is 0 Å². The molecule has 0 amide bonds. The molecule has 0 radical (unpaired) electrons. The van der Waals surface area contributed by atoms with E-state index in [1.165, 1.54) is 12.7 Å². The lowest BCUT2D eigenvalue weighted by atomic mass is 9.33. The van der Waals surface area contributed by atoms with Gasteiger partial charge in [-0.1, -0.05) is 47.1 Å². The van der Waals surface area contributed by atoms with Crippen LogP contribution in [0.2, 0.25) is 0 Å². The Kier molecular flexibility index (Phi) is 7.66. The van der Waals surface area contributed by atoms with Crippen LogP contribution in [0.5, 0.6) is 0 Å². The molecule has 1 saturated heterocycles. The summed E-state index contributed by atoms with van der Waals surface area (Å²) in [4.78, 5) is 27.6. The van der Waals surface area contributed by atoms with Crippen molar-refractivity contribution in [3.05, 3.63) is 11.6 Å². The van der Waals surface area contributed by atoms with Crippen LogP contribution < -0.4 is 0 Å². The summed E-state index contributed by atoms with van der Waals surface area (Å²) in [6.07, 6.45) is 5.20. The van der Waals surface area contributed by atoms with Crippen LogP contribution in [-0.2, 0) is 23.8 Å². The molecule has 1 heterocycles. The second kappa shape index (κ2) is 10.3. The fourth-order valence-electron chi connectivity index (χ4n) is 11.9. The third-order valence-electron chi connectivity index (χ3n) is 14.9. The summed E-state index contributed by atoms with van der Waals surface area (Å²) >= 11 is 0. The molecule has 44 heavy (non-hydrogen) atoms. The minimum Gasteiger partial charge on any atom is -0.469 e. The number of esters is 1. The predicted molar refractivity (Wildman–Crippen MR) is 164 cm³/mol. The Morgan fingerprint density at radius 2 is 1.59 bits per heavy atom. The smallest absolute Gasteiger partial charge is 0.311 e. The molecule has 4 saturated carbocycles. The van der Waals surface area contributed by atoms with E-state index in [9.17, 15) is 24.9 Å². The van der Waals surface area contributed by atoms with Gasteiger partial charge in [0.15, 0.2) is 12.1 Å². The van der Waals surface area contributed by atoms with Crippen molar-refractivity contribution in [2.75, 3.05) is 13.7 Å². The predicted octanol–water partition coefficient (Wildman–Crippen LogP) is 4.96. The van der Waals surface area contributed by atoms with Crippen molar-refractivity contribution >= 4 is 11.8 Å². The van der Waals surface area contributed by atoms with E-state index in [4.69, 9.17) is 14.2 Å². The molecule has 3 N–H and O–H groups in total. The molecule has 0 spiro atoms. The Morgan fingerprint density at radius 1 is 0.909 bits per heavy atom. The zero-order valence-electron chi connectivity index (χ0n) is 28.2. The molecule has 0 aromatic heterocycles. The number of hydrogen-bond donors (Lipinski definition) is 3. The largest absolute Gasteiger partial charge is 0.469 e. The van der Waals surface area contributed by atoms with Crippen LogP contribution in [0.25, 0.3) is 0 Å². The van der Waals surface area contributed by atoms with Crippen LogP contribution in [0.1, 0.15) is 106 Å². The van der Waals surface area contributed by atoms with Crippen molar-refractivity contribution in [3.63, 3.8) is 0 Å². The van der Waals surface area contributed by atoms with Crippen LogP contribution >= 0.6 is 0 Å². The summed E-state index contributed by atoms with van der Waals surface area (Å²) in [6, 6.07) is 0. The number of aliphatic hydroxyl groups is 3. The molecule has 6 aliphatic rings. The number of hydrogen-bond acceptors (Lipinski definition) is 8. The number of methoxy groups -OCH3 is 1. The van der Waals surface area contributed by atoms with Crippen molar-refractivity contribution in [1.82, 2.24) is 0 Å². The zero-order chi connectivity index (χ0) is 32.3. The number of carbonyl (C=O) groups is 2. The Morgan fingerprint density at radius 3 is 2.27 bits per heavy atom. The fourth-order valence-corrected chi connectivity index (χ4v) is 11.9. The van der Waals surface area contributed by atoms with Crippen LogP contribution in [0, 0.1) is 50.2 Å². The number of allylic oxidation sites excluding steroid dienone is 2. The standard InChI is InChI=1S/C36H56O8/c1-31(2)24-9-12-36(7)28(34(24,5)11-10-25(31)44-29-27(40)26(39)23(38)19-43-29)22(37)17-20-21-18-33(4,30(41)42-8)14-13-32(21,3)15-16-35(20,36)6/h17,21,23-29,38-40H,9-16,18-19H2,1-8H3/t21-,23-,24-,25-,26-,27+,28+,29-,32+,33-,34-,35+,36+/m0/s1. The average molecular weight is 617 g/mol. The van der Waals surface area contributed by atoms with Gasteiger partial charge in [0.1, 0.15) is 18.3 Å². The highest BCUT2D eigenvalue weighted by molar-refractivity contribution is 5.95. The third-order valence-corrected chi connectivity index (χ3v) is 14.9. The van der Waals surface area contributed by atoms with Gasteiger partial charge in [0.05, 0.1) is 25.2 Å². The highest BCUT2D eigenvalue weighted by Crippen LogP contribution is 2.75. The Balaban J connectivity index is 1.32. The molecule has 8 nitrogen and oxygen atoms in total. The Labute approximate surface area is 263 Å². The van der Waals surface area contributed by atoms with Crippen LogP contribution in [0.15, 0.2) is 11.6 Å². The van der Waals surface area contributed by atoms with E-state index in [1.54, 1.807) is 0 Å². The van der Waals surface area contributed by atoms with E-state index in [0.717, 1.165) is 57.8 Å². The van der Waals surface area contributed by atoms with Crippen LogP contribution in [0.3, 0.4) is 0 Å². The normalized spacial score (nSPS) is 53.3. The first-order valence-electron chi connectivity index (χ1n) is 17.0. The van der Waals surface area contributed by atoms with Gasteiger partial charge in [-0.25, -0.2) is 0 Å². The van der Waals surface area contributed by atoms with E-state index in [2.05, 4.69) is 48.5 Å². The molecular formula is C36H56O8. The molecule has 0 bridgehead atoms. The number of ketones is 1. The third kappa shape index (κ3) is 4.33. The molecule has 13 atom stereocenters. The molecule has 5 aliphatic carbocycles. The lowest BCUT2D eigenvalue weighted by molar-refractivity contribution is -0.307. The number of carbonyl (C=O) groups excluding carboxylic acids is 2. The van der Waals surface area contributed by atoms with Crippen molar-refractivity contribution in [1.29, 1.82) is 0 Å². The van der Waals surface area contributed by atoms with E-state index in [-0.39, 0.29) is 69.3 Å². The maximum atomic E-state index is 14.6. The molecule has 1 aliphatic heterocycles. The zero-order valence-corrected chi connectivity index (χ0v) is 28.2. The minimum atomic E-state index is -1.32. The monoisotopic (exact) mass is 616 g/mol. The molecule has 0 aromatic rings. The molecule has 248 valence electrons. The van der Waals surface area contributed by atoms with Gasteiger partial charge in [-0.2, -0.15) is 0 Å². The number of fused-ring (bicyclic) bond motifs is 7. The molecular weight excluding hydrogens is 560 g/mol. The first kappa shape index (κ1) is 32.6. The van der Waals surface area contributed by atoms with Gasteiger partial charge in [-0.3, -0.25) is 9.59 Å².